The lowest BCUT2D eigenvalue weighted by atomic mass is 9.96. The molecule has 0 aromatic carbocycles. The first-order valence-corrected chi connectivity index (χ1v) is 5.62. The third kappa shape index (κ3) is 2.71. The van der Waals surface area contributed by atoms with E-state index in [9.17, 15) is 4.79 Å². The zero-order valence-corrected chi connectivity index (χ0v) is 9.90. The molecule has 3 nitrogen and oxygen atoms in total. The van der Waals surface area contributed by atoms with Crippen LogP contribution in [0.1, 0.15) is 34.0 Å². The van der Waals surface area contributed by atoms with Crippen molar-refractivity contribution in [2.24, 2.45) is 5.73 Å². The highest BCUT2D eigenvalue weighted by Gasteiger charge is 2.21. The zero-order valence-electron chi connectivity index (χ0n) is 8.27. The summed E-state index contributed by atoms with van der Waals surface area (Å²) in [4.78, 5) is 12.3. The molecule has 2 heterocycles. The molecule has 2 rings (SSSR count). The maximum atomic E-state index is 11.1. The first-order valence-electron chi connectivity index (χ1n) is 4.74. The number of hydrogen-bond acceptors (Lipinski definition) is 3. The lowest BCUT2D eigenvalue weighted by Gasteiger charge is -2.21. The number of hydrogen-bond donors (Lipinski definition) is 1. The van der Waals surface area contributed by atoms with Crippen LogP contribution >= 0.6 is 23.7 Å². The van der Waals surface area contributed by atoms with Crippen LogP contribution in [0.5, 0.6) is 0 Å². The summed E-state index contributed by atoms with van der Waals surface area (Å²) < 4.78 is 5.29. The number of halogens is 1. The molecule has 84 valence electrons. The molecule has 0 atom stereocenters. The Labute approximate surface area is 99.0 Å². The van der Waals surface area contributed by atoms with Gasteiger partial charge in [-0.2, -0.15) is 0 Å². The van der Waals surface area contributed by atoms with Crippen LogP contribution in [0.15, 0.2) is 11.4 Å². The summed E-state index contributed by atoms with van der Waals surface area (Å²) in [5.41, 5.74) is 6.00. The first-order chi connectivity index (χ1) is 6.79. The van der Waals surface area contributed by atoms with Gasteiger partial charge in [0.1, 0.15) is 0 Å². The molecule has 0 spiro atoms. The average molecular weight is 248 g/mol. The van der Waals surface area contributed by atoms with Gasteiger partial charge in [-0.05, 0) is 30.2 Å². The summed E-state index contributed by atoms with van der Waals surface area (Å²) in [5, 5.41) is 1.94. The van der Waals surface area contributed by atoms with Crippen LogP contribution < -0.4 is 5.73 Å². The van der Waals surface area contributed by atoms with E-state index in [1.165, 1.54) is 0 Å². The van der Waals surface area contributed by atoms with Gasteiger partial charge in [0.25, 0.3) is 0 Å². The quantitative estimate of drug-likeness (QED) is 0.871. The molecule has 1 aliphatic rings. The number of amides is 1. The Balaban J connectivity index is 0.00000112. The monoisotopic (exact) mass is 247 g/mol. The van der Waals surface area contributed by atoms with Gasteiger partial charge in [-0.25, -0.2) is 0 Å². The van der Waals surface area contributed by atoms with Crippen LogP contribution in [0.2, 0.25) is 0 Å². The number of ether oxygens (including phenoxy) is 1. The van der Waals surface area contributed by atoms with E-state index in [1.807, 2.05) is 11.4 Å². The van der Waals surface area contributed by atoms with Crippen LogP contribution in [0, 0.1) is 0 Å². The second-order valence-electron chi connectivity index (χ2n) is 3.45. The van der Waals surface area contributed by atoms with Crippen molar-refractivity contribution in [1.29, 1.82) is 0 Å². The molecule has 0 radical (unpaired) electrons. The number of nitrogens with two attached hydrogens (primary N) is 1. The maximum Gasteiger partial charge on any atom is 0.249 e. The van der Waals surface area contributed by atoms with E-state index in [4.69, 9.17) is 10.5 Å². The molecular formula is C10H14ClNO2S. The van der Waals surface area contributed by atoms with E-state index in [1.54, 1.807) is 11.3 Å². The normalized spacial score (nSPS) is 17.1. The predicted molar refractivity (Wildman–Crippen MR) is 62.9 cm³/mol. The summed E-state index contributed by atoms with van der Waals surface area (Å²) in [6.45, 7) is 1.58. The molecule has 0 unspecified atom stereocenters. The van der Waals surface area contributed by atoms with Crippen LogP contribution in [-0.4, -0.2) is 19.1 Å². The number of carbonyl (C=O) groups excluding carboxylic acids is 1. The fraction of sp³-hybridized carbons (Fsp3) is 0.500. The second-order valence-corrected chi connectivity index (χ2v) is 4.40. The minimum absolute atomic E-state index is 0. The molecule has 0 saturated carbocycles. The molecule has 1 aliphatic heterocycles. The van der Waals surface area contributed by atoms with Gasteiger partial charge in [-0.1, -0.05) is 0 Å². The Bertz CT molecular complexity index is 334. The van der Waals surface area contributed by atoms with Gasteiger partial charge in [0.15, 0.2) is 0 Å². The Morgan fingerprint density at radius 2 is 2.13 bits per heavy atom. The van der Waals surface area contributed by atoms with Gasteiger partial charge >= 0.3 is 0 Å². The molecule has 2 N–H and O–H groups in total. The minimum atomic E-state index is -0.312. The fourth-order valence-electron chi connectivity index (χ4n) is 1.80. The van der Waals surface area contributed by atoms with E-state index >= 15 is 0 Å². The van der Waals surface area contributed by atoms with Crippen molar-refractivity contribution in [1.82, 2.24) is 0 Å². The van der Waals surface area contributed by atoms with Gasteiger partial charge in [0.05, 0.1) is 5.56 Å². The van der Waals surface area contributed by atoms with Gasteiger partial charge in [0, 0.05) is 18.1 Å². The maximum absolute atomic E-state index is 11.1. The highest BCUT2D eigenvalue weighted by Crippen LogP contribution is 2.33. The Morgan fingerprint density at radius 1 is 1.47 bits per heavy atom. The van der Waals surface area contributed by atoms with Gasteiger partial charge in [-0.15, -0.1) is 23.7 Å². The number of carbonyl (C=O) groups is 1. The van der Waals surface area contributed by atoms with E-state index in [2.05, 4.69) is 0 Å². The number of primary amides is 1. The topological polar surface area (TPSA) is 52.3 Å². The molecule has 1 fully saturated rings. The molecule has 0 aliphatic carbocycles. The Kier molecular flexibility index (Phi) is 4.57. The lowest BCUT2D eigenvalue weighted by molar-refractivity contribution is 0.0852. The van der Waals surface area contributed by atoms with Gasteiger partial charge < -0.3 is 10.5 Å². The van der Waals surface area contributed by atoms with Crippen molar-refractivity contribution >= 4 is 29.7 Å². The van der Waals surface area contributed by atoms with E-state index in [-0.39, 0.29) is 18.3 Å². The largest absolute Gasteiger partial charge is 0.381 e. The van der Waals surface area contributed by atoms with Crippen LogP contribution in [0.3, 0.4) is 0 Å². The summed E-state index contributed by atoms with van der Waals surface area (Å²) in [5.74, 6) is 0.152. The first kappa shape index (κ1) is 12.5. The standard InChI is InChI=1S/C10H13NO2S.ClH/c11-10(12)8-3-6-14-9(8)7-1-4-13-5-2-7;/h3,6-7H,1-2,4-5H2,(H2,11,12);1H. The van der Waals surface area contributed by atoms with Crippen molar-refractivity contribution in [2.45, 2.75) is 18.8 Å². The second kappa shape index (κ2) is 5.49. The fourth-order valence-corrected chi connectivity index (χ4v) is 2.87. The van der Waals surface area contributed by atoms with Crippen LogP contribution in [0.25, 0.3) is 0 Å². The zero-order chi connectivity index (χ0) is 9.97. The highest BCUT2D eigenvalue weighted by atomic mass is 35.5. The molecule has 0 bridgehead atoms. The van der Waals surface area contributed by atoms with E-state index < -0.39 is 0 Å². The van der Waals surface area contributed by atoms with Crippen LogP contribution in [-0.2, 0) is 4.74 Å². The smallest absolute Gasteiger partial charge is 0.249 e. The Hall–Kier alpha value is -0.580. The molecule has 1 amide bonds. The SMILES string of the molecule is Cl.NC(=O)c1ccsc1C1CCOCC1. The van der Waals surface area contributed by atoms with E-state index in [0.717, 1.165) is 30.9 Å². The van der Waals surface area contributed by atoms with Crippen LogP contribution in [0.4, 0.5) is 0 Å². The van der Waals surface area contributed by atoms with Gasteiger partial charge in [0.2, 0.25) is 5.91 Å². The lowest BCUT2D eigenvalue weighted by Crippen LogP contribution is -2.18. The third-order valence-electron chi connectivity index (χ3n) is 2.55. The van der Waals surface area contributed by atoms with Crippen molar-refractivity contribution in [3.63, 3.8) is 0 Å². The summed E-state index contributed by atoms with van der Waals surface area (Å²) >= 11 is 1.63. The van der Waals surface area contributed by atoms with Crippen molar-refractivity contribution in [3.05, 3.63) is 21.9 Å². The predicted octanol–water partition coefficient (Wildman–Crippen LogP) is 2.16. The molecule has 1 aromatic heterocycles. The molecule has 1 saturated heterocycles. The summed E-state index contributed by atoms with van der Waals surface area (Å²) in [6, 6.07) is 1.82. The molecule has 15 heavy (non-hydrogen) atoms. The molecular weight excluding hydrogens is 234 g/mol. The van der Waals surface area contributed by atoms with Gasteiger partial charge in [-0.3, -0.25) is 4.79 Å². The molecule has 5 heteroatoms. The van der Waals surface area contributed by atoms with Crippen molar-refractivity contribution < 1.29 is 9.53 Å². The third-order valence-corrected chi connectivity index (χ3v) is 3.63. The minimum Gasteiger partial charge on any atom is -0.381 e. The highest BCUT2D eigenvalue weighted by molar-refractivity contribution is 7.10. The number of thiophene rings is 1. The summed E-state index contributed by atoms with van der Waals surface area (Å²) in [7, 11) is 0. The molecule has 1 aromatic rings. The van der Waals surface area contributed by atoms with Crippen molar-refractivity contribution in [2.75, 3.05) is 13.2 Å². The Morgan fingerprint density at radius 3 is 2.73 bits per heavy atom. The van der Waals surface area contributed by atoms with Crippen molar-refractivity contribution in [3.8, 4) is 0 Å². The number of rotatable bonds is 2. The average Bonchev–Trinajstić information content (AvgIpc) is 2.67. The van der Waals surface area contributed by atoms with E-state index in [0.29, 0.717) is 11.5 Å². The summed E-state index contributed by atoms with van der Waals surface area (Å²) in [6.07, 6.45) is 2.00.